The quantitative estimate of drug-likeness (QED) is 0.554. The van der Waals surface area contributed by atoms with Crippen LogP contribution in [0, 0.1) is 6.92 Å². The van der Waals surface area contributed by atoms with Crippen LogP contribution >= 0.6 is 0 Å². The summed E-state index contributed by atoms with van der Waals surface area (Å²) in [5, 5.41) is 0. The third-order valence-corrected chi connectivity index (χ3v) is 1.21. The van der Waals surface area contributed by atoms with Crippen molar-refractivity contribution in [3.8, 4) is 0 Å². The van der Waals surface area contributed by atoms with E-state index in [-0.39, 0.29) is 6.04 Å². The van der Waals surface area contributed by atoms with Gasteiger partial charge in [0.05, 0.1) is 13.2 Å². The summed E-state index contributed by atoms with van der Waals surface area (Å²) in [6.45, 7) is 8.35. The van der Waals surface area contributed by atoms with Gasteiger partial charge in [0.1, 0.15) is 0 Å². The second kappa shape index (κ2) is 7.98. The lowest BCUT2D eigenvalue weighted by Gasteiger charge is -2.05. The van der Waals surface area contributed by atoms with E-state index < -0.39 is 0 Å². The molecule has 0 saturated carbocycles. The van der Waals surface area contributed by atoms with E-state index in [0.717, 1.165) is 13.0 Å². The Balaban J connectivity index is 2.80. The lowest BCUT2D eigenvalue weighted by atomic mass is 10.3. The summed E-state index contributed by atoms with van der Waals surface area (Å²) in [6, 6.07) is -0.0120. The molecule has 1 unspecified atom stereocenters. The molecule has 1 atom stereocenters. The molecule has 0 aromatic rings. The van der Waals surface area contributed by atoms with Gasteiger partial charge in [-0.05, 0) is 20.3 Å². The number of ether oxygens (including phenoxy) is 2. The molecular weight excluding hydrogens is 142 g/mol. The summed E-state index contributed by atoms with van der Waals surface area (Å²) in [4.78, 5) is 0. The average molecular weight is 160 g/mol. The largest absolute Gasteiger partial charge is 0.379 e. The maximum absolute atomic E-state index is 5.41. The highest BCUT2D eigenvalue weighted by Gasteiger charge is 1.93. The van der Waals surface area contributed by atoms with Gasteiger partial charge in [-0.15, -0.1) is 0 Å². The minimum absolute atomic E-state index is 0.0120. The van der Waals surface area contributed by atoms with Crippen molar-refractivity contribution in [3.63, 3.8) is 0 Å². The van der Waals surface area contributed by atoms with Crippen molar-refractivity contribution in [1.82, 2.24) is 0 Å². The van der Waals surface area contributed by atoms with Crippen LogP contribution in [0.3, 0.4) is 0 Å². The molecule has 0 heterocycles. The number of hydrogen-bond acceptors (Lipinski definition) is 3. The van der Waals surface area contributed by atoms with Crippen molar-refractivity contribution in [2.75, 3.05) is 26.4 Å². The molecule has 0 aliphatic carbocycles. The topological polar surface area (TPSA) is 44.5 Å². The molecule has 0 bridgehead atoms. The first-order valence-electron chi connectivity index (χ1n) is 4.01. The zero-order chi connectivity index (χ0) is 8.53. The molecule has 11 heavy (non-hydrogen) atoms. The van der Waals surface area contributed by atoms with E-state index in [1.54, 1.807) is 0 Å². The lowest BCUT2D eigenvalue weighted by Crippen LogP contribution is -2.18. The van der Waals surface area contributed by atoms with Crippen molar-refractivity contribution in [3.05, 3.63) is 6.92 Å². The lowest BCUT2D eigenvalue weighted by molar-refractivity contribution is 0.0511. The third kappa shape index (κ3) is 9.88. The predicted molar refractivity (Wildman–Crippen MR) is 45.3 cm³/mol. The Bertz CT molecular complexity index is 76.5. The molecule has 1 radical (unpaired) electrons. The van der Waals surface area contributed by atoms with Crippen molar-refractivity contribution in [2.24, 2.45) is 5.73 Å². The summed E-state index contributed by atoms with van der Waals surface area (Å²) < 4.78 is 10.3. The smallest absolute Gasteiger partial charge is 0.0700 e. The fourth-order valence-corrected chi connectivity index (χ4v) is 0.599. The maximum atomic E-state index is 5.41. The van der Waals surface area contributed by atoms with Crippen LogP contribution in [0.15, 0.2) is 0 Å². The highest BCUT2D eigenvalue weighted by atomic mass is 16.5. The van der Waals surface area contributed by atoms with E-state index in [1.165, 1.54) is 0 Å². The number of nitrogens with two attached hydrogens (primary N) is 1. The van der Waals surface area contributed by atoms with Crippen LogP contribution in [0.2, 0.25) is 0 Å². The fraction of sp³-hybridized carbons (Fsp3) is 0.875. The van der Waals surface area contributed by atoms with Gasteiger partial charge in [-0.2, -0.15) is 0 Å². The van der Waals surface area contributed by atoms with Crippen LogP contribution in [0.4, 0.5) is 0 Å². The number of rotatable bonds is 7. The van der Waals surface area contributed by atoms with Crippen LogP contribution in [0.5, 0.6) is 0 Å². The third-order valence-electron chi connectivity index (χ3n) is 1.21. The molecule has 3 nitrogen and oxygen atoms in total. The van der Waals surface area contributed by atoms with Crippen molar-refractivity contribution in [1.29, 1.82) is 0 Å². The van der Waals surface area contributed by atoms with Gasteiger partial charge in [0.2, 0.25) is 0 Å². The van der Waals surface area contributed by atoms with Crippen LogP contribution in [0.1, 0.15) is 13.3 Å². The molecule has 0 saturated heterocycles. The molecule has 0 aliphatic rings. The molecule has 3 heteroatoms. The molecule has 0 aromatic heterocycles. The summed E-state index contributed by atoms with van der Waals surface area (Å²) in [7, 11) is 0. The van der Waals surface area contributed by atoms with E-state index in [2.05, 4.69) is 6.92 Å². The SMILES string of the molecule is [CH2]C(N)CCOCCOCC. The Hall–Kier alpha value is -0.120. The summed E-state index contributed by atoms with van der Waals surface area (Å²) in [6.07, 6.45) is 0.812. The van der Waals surface area contributed by atoms with E-state index in [9.17, 15) is 0 Å². The molecule has 67 valence electrons. The summed E-state index contributed by atoms with van der Waals surface area (Å²) >= 11 is 0. The second-order valence-corrected chi connectivity index (χ2v) is 2.36. The summed E-state index contributed by atoms with van der Waals surface area (Å²) in [5.74, 6) is 0. The minimum Gasteiger partial charge on any atom is -0.379 e. The van der Waals surface area contributed by atoms with Crippen molar-refractivity contribution >= 4 is 0 Å². The van der Waals surface area contributed by atoms with Gasteiger partial charge >= 0.3 is 0 Å². The van der Waals surface area contributed by atoms with Crippen LogP contribution < -0.4 is 5.73 Å². The zero-order valence-corrected chi connectivity index (χ0v) is 7.21. The Kier molecular flexibility index (Phi) is 7.89. The zero-order valence-electron chi connectivity index (χ0n) is 7.21. The second-order valence-electron chi connectivity index (χ2n) is 2.36. The maximum Gasteiger partial charge on any atom is 0.0700 e. The van der Waals surface area contributed by atoms with Crippen molar-refractivity contribution in [2.45, 2.75) is 19.4 Å². The van der Waals surface area contributed by atoms with Crippen LogP contribution in [-0.2, 0) is 9.47 Å². The molecular formula is C8H18NO2. The first-order valence-corrected chi connectivity index (χ1v) is 4.01. The monoisotopic (exact) mass is 160 g/mol. The van der Waals surface area contributed by atoms with Crippen molar-refractivity contribution < 1.29 is 9.47 Å². The van der Waals surface area contributed by atoms with Crippen LogP contribution in [0.25, 0.3) is 0 Å². The van der Waals surface area contributed by atoms with Gasteiger partial charge in [-0.25, -0.2) is 0 Å². The molecule has 2 N–H and O–H groups in total. The normalized spacial score (nSPS) is 13.4. The van der Waals surface area contributed by atoms with E-state index in [4.69, 9.17) is 15.2 Å². The number of hydrogen-bond donors (Lipinski definition) is 1. The molecule has 0 aromatic carbocycles. The molecule has 0 amide bonds. The molecule has 0 spiro atoms. The Labute approximate surface area is 68.9 Å². The molecule has 0 aliphatic heterocycles. The standard InChI is InChI=1S/C8H18NO2/c1-3-10-6-7-11-5-4-8(2)9/h8H,2-7,9H2,1H3. The van der Waals surface area contributed by atoms with E-state index >= 15 is 0 Å². The Morgan fingerprint density at radius 3 is 2.45 bits per heavy atom. The Morgan fingerprint density at radius 1 is 1.27 bits per heavy atom. The van der Waals surface area contributed by atoms with E-state index in [0.29, 0.717) is 19.8 Å². The first kappa shape index (κ1) is 10.9. The van der Waals surface area contributed by atoms with Gasteiger partial charge in [0.25, 0.3) is 0 Å². The predicted octanol–water partition coefficient (Wildman–Crippen LogP) is 0.591. The highest BCUT2D eigenvalue weighted by Crippen LogP contribution is 1.86. The average Bonchev–Trinajstić information content (AvgIpc) is 1.96. The fourth-order valence-electron chi connectivity index (χ4n) is 0.599. The highest BCUT2D eigenvalue weighted by molar-refractivity contribution is 4.60. The Morgan fingerprint density at radius 2 is 1.91 bits per heavy atom. The van der Waals surface area contributed by atoms with Gasteiger partial charge in [0, 0.05) is 19.3 Å². The first-order chi connectivity index (χ1) is 5.27. The van der Waals surface area contributed by atoms with Gasteiger partial charge in [-0.3, -0.25) is 0 Å². The van der Waals surface area contributed by atoms with Gasteiger partial charge in [-0.1, -0.05) is 0 Å². The minimum atomic E-state index is -0.0120. The van der Waals surface area contributed by atoms with Gasteiger partial charge < -0.3 is 15.2 Å². The van der Waals surface area contributed by atoms with Crippen LogP contribution in [-0.4, -0.2) is 32.5 Å². The van der Waals surface area contributed by atoms with E-state index in [1.807, 2.05) is 6.92 Å². The summed E-state index contributed by atoms with van der Waals surface area (Å²) in [5.41, 5.74) is 5.41. The molecule has 0 fully saturated rings. The molecule has 0 rings (SSSR count). The van der Waals surface area contributed by atoms with Gasteiger partial charge in [0.15, 0.2) is 0 Å².